The summed E-state index contributed by atoms with van der Waals surface area (Å²) in [6.45, 7) is 5.86. The first-order valence-corrected chi connectivity index (χ1v) is 7.74. The normalized spacial score (nSPS) is 30.7. The molecule has 23 heavy (non-hydrogen) atoms. The molecule has 0 spiro atoms. The van der Waals surface area contributed by atoms with Gasteiger partial charge in [0.15, 0.2) is 11.6 Å². The zero-order chi connectivity index (χ0) is 17.0. The van der Waals surface area contributed by atoms with Gasteiger partial charge in [0.2, 0.25) is 0 Å². The number of rotatable bonds is 2. The molecule has 2 unspecified atom stereocenters. The summed E-state index contributed by atoms with van der Waals surface area (Å²) < 4.78 is 0. The van der Waals surface area contributed by atoms with Crippen LogP contribution in [0, 0.1) is 26.9 Å². The lowest BCUT2D eigenvalue weighted by Gasteiger charge is -2.44. The van der Waals surface area contributed by atoms with Crippen LogP contribution in [0.3, 0.4) is 0 Å². The topological polar surface area (TPSA) is 77.3 Å². The van der Waals surface area contributed by atoms with Crippen molar-refractivity contribution in [2.24, 2.45) is 16.7 Å². The summed E-state index contributed by atoms with van der Waals surface area (Å²) in [5.74, 6) is -0.549. The Morgan fingerprint density at radius 1 is 1.22 bits per heavy atom. The number of hydrogen-bond donors (Lipinski definition) is 0. The smallest absolute Gasteiger partial charge is 0.276 e. The largest absolute Gasteiger partial charge is 0.294 e. The highest BCUT2D eigenvalue weighted by Crippen LogP contribution is 2.61. The number of fused-ring (bicyclic) bond motifs is 2. The molecule has 0 amide bonds. The molecule has 0 N–H and O–H groups in total. The van der Waals surface area contributed by atoms with Gasteiger partial charge in [0.25, 0.3) is 5.69 Å². The lowest BCUT2D eigenvalue weighted by Crippen LogP contribution is -2.49. The third-order valence-electron chi connectivity index (χ3n) is 5.99. The molecule has 2 bridgehead atoms. The fraction of sp³-hybridized carbons (Fsp3) is 0.444. The predicted molar refractivity (Wildman–Crippen MR) is 85.7 cm³/mol. The highest BCUT2D eigenvalue weighted by molar-refractivity contribution is 6.28. The van der Waals surface area contributed by atoms with Crippen LogP contribution in [0.2, 0.25) is 0 Å². The van der Waals surface area contributed by atoms with Gasteiger partial charge in [0, 0.05) is 17.4 Å². The van der Waals surface area contributed by atoms with Crippen molar-refractivity contribution < 1.29 is 14.5 Å². The van der Waals surface area contributed by atoms with E-state index in [-0.39, 0.29) is 34.2 Å². The van der Waals surface area contributed by atoms with Gasteiger partial charge in [-0.3, -0.25) is 19.7 Å². The number of benzene rings is 1. The number of carbonyl (C=O) groups is 2. The van der Waals surface area contributed by atoms with Crippen molar-refractivity contribution in [1.82, 2.24) is 0 Å². The number of allylic oxidation sites excluding steroid dienone is 1. The Kier molecular flexibility index (Phi) is 3.29. The van der Waals surface area contributed by atoms with Gasteiger partial charge in [-0.1, -0.05) is 32.9 Å². The number of Topliss-reactive ketones (excluding diaryl/α,β-unsaturated/α-hetero) is 2. The summed E-state index contributed by atoms with van der Waals surface area (Å²) >= 11 is 0. The molecule has 5 heteroatoms. The lowest BCUT2D eigenvalue weighted by molar-refractivity contribution is -0.385. The standard InChI is InChI=1S/C18H19NO4/c1-17(2)13-8-9-18(17,3)16(21)12(15(13)20)10-11-6-4-5-7-14(11)19(22)23/h4-7,10,13H,8-9H2,1-3H3/b12-10+. The van der Waals surface area contributed by atoms with Gasteiger partial charge < -0.3 is 0 Å². The van der Waals surface area contributed by atoms with E-state index in [2.05, 4.69) is 0 Å². The molecular weight excluding hydrogens is 294 g/mol. The van der Waals surface area contributed by atoms with Gasteiger partial charge in [-0.05, 0) is 30.4 Å². The Morgan fingerprint density at radius 3 is 2.52 bits per heavy atom. The van der Waals surface area contributed by atoms with Crippen LogP contribution in [0.1, 0.15) is 39.2 Å². The maximum Gasteiger partial charge on any atom is 0.276 e. The summed E-state index contributed by atoms with van der Waals surface area (Å²) in [6.07, 6.45) is 2.79. The van der Waals surface area contributed by atoms with E-state index in [1.165, 1.54) is 12.1 Å². The zero-order valence-corrected chi connectivity index (χ0v) is 13.5. The van der Waals surface area contributed by atoms with E-state index in [1.807, 2.05) is 20.8 Å². The molecule has 2 aliphatic carbocycles. The van der Waals surface area contributed by atoms with Crippen molar-refractivity contribution in [3.63, 3.8) is 0 Å². The van der Waals surface area contributed by atoms with Crippen LogP contribution in [-0.4, -0.2) is 16.5 Å². The van der Waals surface area contributed by atoms with Crippen molar-refractivity contribution >= 4 is 23.3 Å². The highest BCUT2D eigenvalue weighted by Gasteiger charge is 2.63. The molecule has 0 aromatic heterocycles. The Bertz CT molecular complexity index is 762. The summed E-state index contributed by atoms with van der Waals surface area (Å²) in [4.78, 5) is 36.4. The minimum absolute atomic E-state index is 0.0945. The first kappa shape index (κ1) is 15.6. The summed E-state index contributed by atoms with van der Waals surface area (Å²) in [6, 6.07) is 6.18. The van der Waals surface area contributed by atoms with Crippen LogP contribution in [0.15, 0.2) is 29.8 Å². The van der Waals surface area contributed by atoms with Crippen molar-refractivity contribution in [1.29, 1.82) is 0 Å². The zero-order valence-electron chi connectivity index (χ0n) is 13.5. The number of nitrogens with zero attached hydrogens (tertiary/aromatic N) is 1. The number of para-hydroxylation sites is 1. The Hall–Kier alpha value is -2.30. The van der Waals surface area contributed by atoms with Crippen LogP contribution >= 0.6 is 0 Å². The van der Waals surface area contributed by atoms with Crippen molar-refractivity contribution in [2.75, 3.05) is 0 Å². The third kappa shape index (κ3) is 1.99. The van der Waals surface area contributed by atoms with E-state index < -0.39 is 10.3 Å². The number of nitro benzene ring substituents is 1. The van der Waals surface area contributed by atoms with E-state index in [0.29, 0.717) is 18.4 Å². The Balaban J connectivity index is 2.14. The van der Waals surface area contributed by atoms with Crippen molar-refractivity contribution in [3.8, 4) is 0 Å². The first-order chi connectivity index (χ1) is 10.7. The predicted octanol–water partition coefficient (Wildman–Crippen LogP) is 3.57. The second kappa shape index (κ2) is 4.85. The second-order valence-electron chi connectivity index (χ2n) is 7.21. The molecule has 1 aromatic rings. The molecule has 0 heterocycles. The number of hydrogen-bond acceptors (Lipinski definition) is 4. The van der Waals surface area contributed by atoms with Crippen LogP contribution in [0.4, 0.5) is 5.69 Å². The third-order valence-corrected chi connectivity index (χ3v) is 5.99. The van der Waals surface area contributed by atoms with Gasteiger partial charge in [-0.25, -0.2) is 0 Å². The highest BCUT2D eigenvalue weighted by atomic mass is 16.6. The van der Waals surface area contributed by atoms with Gasteiger partial charge in [0.05, 0.1) is 16.1 Å². The summed E-state index contributed by atoms with van der Waals surface area (Å²) in [5.41, 5.74) is -0.634. The second-order valence-corrected chi connectivity index (χ2v) is 7.21. The first-order valence-electron chi connectivity index (χ1n) is 7.74. The molecule has 5 nitrogen and oxygen atoms in total. The van der Waals surface area contributed by atoms with E-state index >= 15 is 0 Å². The van der Waals surface area contributed by atoms with Gasteiger partial charge in [-0.15, -0.1) is 0 Å². The van der Waals surface area contributed by atoms with Crippen molar-refractivity contribution in [2.45, 2.75) is 33.6 Å². The Labute approximate surface area is 134 Å². The van der Waals surface area contributed by atoms with Crippen LogP contribution in [0.5, 0.6) is 0 Å². The van der Waals surface area contributed by atoms with Gasteiger partial charge >= 0.3 is 0 Å². The number of nitro groups is 1. The Morgan fingerprint density at radius 2 is 1.87 bits per heavy atom. The molecule has 120 valence electrons. The minimum Gasteiger partial charge on any atom is -0.294 e. The van der Waals surface area contributed by atoms with Crippen LogP contribution in [-0.2, 0) is 9.59 Å². The molecule has 2 atom stereocenters. The molecule has 0 radical (unpaired) electrons. The number of ketones is 2. The van der Waals surface area contributed by atoms with Gasteiger partial charge in [-0.2, -0.15) is 0 Å². The fourth-order valence-corrected chi connectivity index (χ4v) is 4.03. The molecule has 0 aliphatic heterocycles. The maximum atomic E-state index is 13.0. The van der Waals surface area contributed by atoms with Crippen molar-refractivity contribution in [3.05, 3.63) is 45.5 Å². The van der Waals surface area contributed by atoms with Crippen LogP contribution < -0.4 is 0 Å². The molecule has 2 fully saturated rings. The quantitative estimate of drug-likeness (QED) is 0.362. The SMILES string of the molecule is CC12CCC(C(=O)/C(=C\c3ccccc3[N+](=O)[O-])C1=O)C2(C)C. The fourth-order valence-electron chi connectivity index (χ4n) is 4.03. The lowest BCUT2D eigenvalue weighted by atomic mass is 9.57. The van der Waals surface area contributed by atoms with Gasteiger partial charge in [0.1, 0.15) is 0 Å². The monoisotopic (exact) mass is 313 g/mol. The summed E-state index contributed by atoms with van der Waals surface area (Å²) in [5, 5.41) is 11.1. The van der Waals surface area contributed by atoms with E-state index in [1.54, 1.807) is 18.2 Å². The molecule has 1 aromatic carbocycles. The van der Waals surface area contributed by atoms with Crippen LogP contribution in [0.25, 0.3) is 6.08 Å². The molecule has 3 rings (SSSR count). The molecule has 2 aliphatic rings. The molecular formula is C18H19NO4. The minimum atomic E-state index is -0.582. The summed E-state index contributed by atoms with van der Waals surface area (Å²) in [7, 11) is 0. The maximum absolute atomic E-state index is 13.0. The average Bonchev–Trinajstić information content (AvgIpc) is 2.69. The van der Waals surface area contributed by atoms with E-state index in [9.17, 15) is 19.7 Å². The molecule has 2 saturated carbocycles. The number of carbonyl (C=O) groups excluding carboxylic acids is 2. The average molecular weight is 313 g/mol. The van der Waals surface area contributed by atoms with E-state index in [4.69, 9.17) is 0 Å². The van der Waals surface area contributed by atoms with E-state index in [0.717, 1.165) is 0 Å². The molecule has 0 saturated heterocycles.